The molecular formula is C20H40N2O2. The normalized spacial score (nSPS) is 13.5. The molecule has 0 aliphatic carbocycles. The van der Waals surface area contributed by atoms with Gasteiger partial charge >= 0.3 is 0 Å². The number of hydrogen-bond donors (Lipinski definition) is 2. The molecule has 0 rings (SSSR count). The molecule has 0 spiro atoms. The molecule has 0 heterocycles. The predicted octanol–water partition coefficient (Wildman–Crippen LogP) is 4.21. The summed E-state index contributed by atoms with van der Waals surface area (Å²) in [5, 5.41) is 2.95. The summed E-state index contributed by atoms with van der Waals surface area (Å²) in [6, 6.07) is 0. The fourth-order valence-electron chi connectivity index (χ4n) is 2.72. The molecule has 0 fully saturated rings. The number of ketones is 1. The molecule has 0 saturated heterocycles. The fourth-order valence-corrected chi connectivity index (χ4v) is 2.72. The number of carbonyl (C=O) groups excluding carboxylic acids is 2. The molecule has 2 atom stereocenters. The van der Waals surface area contributed by atoms with Crippen molar-refractivity contribution in [1.82, 2.24) is 5.32 Å². The van der Waals surface area contributed by atoms with Crippen LogP contribution in [0, 0.1) is 11.8 Å². The maximum absolute atomic E-state index is 11.9. The van der Waals surface area contributed by atoms with E-state index in [2.05, 4.69) is 26.1 Å². The molecule has 2 unspecified atom stereocenters. The minimum atomic E-state index is 0.107. The Bertz CT molecular complexity index is 332. The van der Waals surface area contributed by atoms with E-state index in [1.165, 1.54) is 19.3 Å². The summed E-state index contributed by atoms with van der Waals surface area (Å²) in [7, 11) is 0. The Hall–Kier alpha value is -0.900. The highest BCUT2D eigenvalue weighted by Crippen LogP contribution is 2.15. The average Bonchev–Trinajstić information content (AvgIpc) is 2.58. The second-order valence-corrected chi connectivity index (χ2v) is 7.36. The zero-order chi connectivity index (χ0) is 18.2. The van der Waals surface area contributed by atoms with Gasteiger partial charge in [0.15, 0.2) is 0 Å². The van der Waals surface area contributed by atoms with Gasteiger partial charge in [0.1, 0.15) is 5.78 Å². The summed E-state index contributed by atoms with van der Waals surface area (Å²) in [5.74, 6) is 1.64. The van der Waals surface area contributed by atoms with E-state index < -0.39 is 0 Å². The maximum atomic E-state index is 11.9. The lowest BCUT2D eigenvalue weighted by Crippen LogP contribution is -2.24. The summed E-state index contributed by atoms with van der Waals surface area (Å²) < 4.78 is 0. The lowest BCUT2D eigenvalue weighted by atomic mass is 9.96. The van der Waals surface area contributed by atoms with Gasteiger partial charge in [-0.05, 0) is 50.5 Å². The van der Waals surface area contributed by atoms with Crippen LogP contribution in [-0.4, -0.2) is 24.8 Å². The van der Waals surface area contributed by atoms with Crippen molar-refractivity contribution in [3.63, 3.8) is 0 Å². The molecule has 24 heavy (non-hydrogen) atoms. The molecule has 3 N–H and O–H groups in total. The van der Waals surface area contributed by atoms with E-state index >= 15 is 0 Å². The van der Waals surface area contributed by atoms with Crippen LogP contribution in [0.3, 0.4) is 0 Å². The molecule has 4 heteroatoms. The highest BCUT2D eigenvalue weighted by atomic mass is 16.1. The summed E-state index contributed by atoms with van der Waals surface area (Å²) in [6.07, 6.45) is 10.3. The zero-order valence-corrected chi connectivity index (χ0v) is 16.2. The number of nitrogens with one attached hydrogen (secondary N) is 1. The molecule has 0 aliphatic rings. The Morgan fingerprint density at radius 2 is 1.54 bits per heavy atom. The van der Waals surface area contributed by atoms with Gasteiger partial charge in [0.05, 0.1) is 0 Å². The SMILES string of the molecule is CCCCC(C)CCC(=O)CCCCC(=O)NCCCC(C)CN. The van der Waals surface area contributed by atoms with Gasteiger partial charge in [-0.2, -0.15) is 0 Å². The van der Waals surface area contributed by atoms with Gasteiger partial charge in [0.25, 0.3) is 0 Å². The van der Waals surface area contributed by atoms with Crippen LogP contribution in [0.5, 0.6) is 0 Å². The van der Waals surface area contributed by atoms with Crippen LogP contribution in [0.2, 0.25) is 0 Å². The number of hydrogen-bond acceptors (Lipinski definition) is 3. The molecule has 0 aromatic heterocycles. The first-order chi connectivity index (χ1) is 11.5. The summed E-state index contributed by atoms with van der Waals surface area (Å²) in [5.41, 5.74) is 5.56. The van der Waals surface area contributed by atoms with Crippen LogP contribution < -0.4 is 11.1 Å². The summed E-state index contributed by atoms with van der Waals surface area (Å²) in [6.45, 7) is 8.01. The second kappa shape index (κ2) is 15.6. The Morgan fingerprint density at radius 1 is 0.875 bits per heavy atom. The number of rotatable bonds is 16. The van der Waals surface area contributed by atoms with Crippen LogP contribution in [-0.2, 0) is 9.59 Å². The van der Waals surface area contributed by atoms with Gasteiger partial charge < -0.3 is 11.1 Å². The van der Waals surface area contributed by atoms with Crippen molar-refractivity contribution in [2.45, 2.75) is 91.4 Å². The fraction of sp³-hybridized carbons (Fsp3) is 0.900. The quantitative estimate of drug-likeness (QED) is 0.413. The molecule has 0 radical (unpaired) electrons. The van der Waals surface area contributed by atoms with E-state index in [1.807, 2.05) is 0 Å². The standard InChI is InChI=1S/C20H40N2O2/c1-4-5-9-17(2)13-14-19(23)11-6-7-12-20(24)22-15-8-10-18(3)16-21/h17-18H,4-16,21H2,1-3H3,(H,22,24). The highest BCUT2D eigenvalue weighted by molar-refractivity contribution is 5.78. The molecule has 0 saturated carbocycles. The van der Waals surface area contributed by atoms with Gasteiger partial charge in [-0.3, -0.25) is 9.59 Å². The molecular weight excluding hydrogens is 300 g/mol. The van der Waals surface area contributed by atoms with Crippen molar-refractivity contribution < 1.29 is 9.59 Å². The smallest absolute Gasteiger partial charge is 0.219 e. The number of unbranched alkanes of at least 4 members (excludes halogenated alkanes) is 2. The Balaban J connectivity index is 3.50. The molecule has 0 bridgehead atoms. The molecule has 0 aromatic rings. The molecule has 142 valence electrons. The van der Waals surface area contributed by atoms with Crippen molar-refractivity contribution in [3.8, 4) is 0 Å². The van der Waals surface area contributed by atoms with Gasteiger partial charge in [-0.25, -0.2) is 0 Å². The van der Waals surface area contributed by atoms with E-state index in [1.54, 1.807) is 0 Å². The third kappa shape index (κ3) is 14.7. The first-order valence-corrected chi connectivity index (χ1v) is 9.98. The first-order valence-electron chi connectivity index (χ1n) is 9.98. The van der Waals surface area contributed by atoms with Crippen LogP contribution in [0.4, 0.5) is 0 Å². The van der Waals surface area contributed by atoms with E-state index in [4.69, 9.17) is 5.73 Å². The van der Waals surface area contributed by atoms with Crippen LogP contribution in [0.1, 0.15) is 91.4 Å². The number of nitrogens with two attached hydrogens (primary N) is 1. The van der Waals surface area contributed by atoms with Crippen molar-refractivity contribution in [2.24, 2.45) is 17.6 Å². The predicted molar refractivity (Wildman–Crippen MR) is 102 cm³/mol. The van der Waals surface area contributed by atoms with Gasteiger partial charge in [0, 0.05) is 25.8 Å². The molecule has 1 amide bonds. The van der Waals surface area contributed by atoms with Crippen molar-refractivity contribution >= 4 is 11.7 Å². The van der Waals surface area contributed by atoms with Crippen molar-refractivity contribution in [3.05, 3.63) is 0 Å². The van der Waals surface area contributed by atoms with E-state index in [0.717, 1.165) is 38.6 Å². The average molecular weight is 341 g/mol. The number of carbonyl (C=O) groups is 2. The highest BCUT2D eigenvalue weighted by Gasteiger charge is 2.08. The molecule has 0 aromatic carbocycles. The minimum Gasteiger partial charge on any atom is -0.356 e. The lowest BCUT2D eigenvalue weighted by molar-refractivity contribution is -0.122. The van der Waals surface area contributed by atoms with Gasteiger partial charge in [-0.1, -0.05) is 40.0 Å². The lowest BCUT2D eigenvalue weighted by Gasteiger charge is -2.10. The van der Waals surface area contributed by atoms with E-state index in [9.17, 15) is 9.59 Å². The summed E-state index contributed by atoms with van der Waals surface area (Å²) in [4.78, 5) is 23.6. The summed E-state index contributed by atoms with van der Waals surface area (Å²) >= 11 is 0. The molecule has 0 aliphatic heterocycles. The van der Waals surface area contributed by atoms with Gasteiger partial charge in [0.2, 0.25) is 5.91 Å². The third-order valence-corrected chi connectivity index (χ3v) is 4.67. The molecule has 4 nitrogen and oxygen atoms in total. The van der Waals surface area contributed by atoms with E-state index in [-0.39, 0.29) is 5.91 Å². The Labute approximate surface area is 149 Å². The van der Waals surface area contributed by atoms with Crippen LogP contribution in [0.15, 0.2) is 0 Å². The third-order valence-electron chi connectivity index (χ3n) is 4.67. The number of Topliss-reactive ketones (excluding diaryl/α,β-unsaturated/α-hetero) is 1. The Morgan fingerprint density at radius 3 is 2.21 bits per heavy atom. The van der Waals surface area contributed by atoms with Gasteiger partial charge in [-0.15, -0.1) is 0 Å². The van der Waals surface area contributed by atoms with Crippen LogP contribution in [0.25, 0.3) is 0 Å². The maximum Gasteiger partial charge on any atom is 0.219 e. The van der Waals surface area contributed by atoms with Crippen molar-refractivity contribution in [2.75, 3.05) is 13.1 Å². The minimum absolute atomic E-state index is 0.107. The zero-order valence-electron chi connectivity index (χ0n) is 16.2. The van der Waals surface area contributed by atoms with Crippen molar-refractivity contribution in [1.29, 1.82) is 0 Å². The Kier molecular flexibility index (Phi) is 15.0. The number of amides is 1. The second-order valence-electron chi connectivity index (χ2n) is 7.36. The van der Waals surface area contributed by atoms with E-state index in [0.29, 0.717) is 43.4 Å². The largest absolute Gasteiger partial charge is 0.356 e. The topological polar surface area (TPSA) is 72.2 Å². The monoisotopic (exact) mass is 340 g/mol. The van der Waals surface area contributed by atoms with Crippen LogP contribution >= 0.6 is 0 Å². The first kappa shape index (κ1) is 23.1.